The van der Waals surface area contributed by atoms with E-state index in [2.05, 4.69) is 5.10 Å². The maximum atomic E-state index is 11.0. The highest BCUT2D eigenvalue weighted by Gasteiger charge is 2.15. The van der Waals surface area contributed by atoms with E-state index in [0.717, 1.165) is 11.8 Å². The Morgan fingerprint density at radius 1 is 1.39 bits per heavy atom. The lowest BCUT2D eigenvalue weighted by atomic mass is 10.0. The topological polar surface area (TPSA) is 72.2 Å². The van der Waals surface area contributed by atoms with Gasteiger partial charge in [0.15, 0.2) is 12.0 Å². The number of aryl methyl sites for hydroxylation is 2. The summed E-state index contributed by atoms with van der Waals surface area (Å²) in [6.45, 7) is 1.91. The number of hydrogen-bond acceptors (Lipinski definition) is 3. The molecule has 0 bridgehead atoms. The highest BCUT2D eigenvalue weighted by molar-refractivity contribution is 5.90. The molecule has 0 radical (unpaired) electrons. The lowest BCUT2D eigenvalue weighted by Crippen LogP contribution is -2.00. The highest BCUT2D eigenvalue weighted by atomic mass is 16.4. The van der Waals surface area contributed by atoms with E-state index in [9.17, 15) is 9.59 Å². The Bertz CT molecular complexity index is 629. The van der Waals surface area contributed by atoms with Gasteiger partial charge >= 0.3 is 5.97 Å². The van der Waals surface area contributed by atoms with Crippen LogP contribution < -0.4 is 0 Å². The predicted octanol–water partition coefficient (Wildman–Crippen LogP) is 1.91. The third-order valence-corrected chi connectivity index (χ3v) is 2.71. The zero-order chi connectivity index (χ0) is 13.3. The molecule has 0 aliphatic heterocycles. The van der Waals surface area contributed by atoms with Gasteiger partial charge in [-0.05, 0) is 19.1 Å². The molecule has 0 saturated heterocycles. The van der Waals surface area contributed by atoms with Gasteiger partial charge in [-0.15, -0.1) is 0 Å². The third-order valence-electron chi connectivity index (χ3n) is 2.71. The van der Waals surface area contributed by atoms with E-state index >= 15 is 0 Å². The highest BCUT2D eigenvalue weighted by Crippen LogP contribution is 2.24. The molecule has 0 spiro atoms. The zero-order valence-electron chi connectivity index (χ0n) is 10.0. The van der Waals surface area contributed by atoms with Crippen LogP contribution in [0.1, 0.15) is 26.4 Å². The van der Waals surface area contributed by atoms with Crippen LogP contribution in [0.4, 0.5) is 0 Å². The molecule has 92 valence electrons. The van der Waals surface area contributed by atoms with Gasteiger partial charge in [0, 0.05) is 18.2 Å². The molecular weight excluding hydrogens is 232 g/mol. The first-order chi connectivity index (χ1) is 8.52. The molecule has 0 unspecified atom stereocenters. The number of hydrogen-bond donors (Lipinski definition) is 1. The van der Waals surface area contributed by atoms with Gasteiger partial charge in [-0.3, -0.25) is 9.48 Å². The van der Waals surface area contributed by atoms with Crippen LogP contribution in [0, 0.1) is 6.92 Å². The van der Waals surface area contributed by atoms with Crippen LogP contribution in [0.25, 0.3) is 11.3 Å². The van der Waals surface area contributed by atoms with Crippen molar-refractivity contribution < 1.29 is 14.7 Å². The minimum atomic E-state index is -1.09. The van der Waals surface area contributed by atoms with Crippen LogP contribution in [-0.4, -0.2) is 27.1 Å². The first-order valence-corrected chi connectivity index (χ1v) is 5.36. The second-order valence-corrected chi connectivity index (χ2v) is 4.05. The second-order valence-electron chi connectivity index (χ2n) is 4.05. The number of nitrogens with zero attached hydrogens (tertiary/aromatic N) is 2. The largest absolute Gasteiger partial charge is 0.476 e. The van der Waals surface area contributed by atoms with Crippen molar-refractivity contribution in [1.29, 1.82) is 0 Å². The molecule has 18 heavy (non-hydrogen) atoms. The SMILES string of the molecule is Cc1ccc(C=O)c(-c2cc(C(=O)O)nn2C)c1. The molecule has 0 saturated carbocycles. The van der Waals surface area contributed by atoms with Gasteiger partial charge in [0.2, 0.25) is 0 Å². The molecule has 0 fully saturated rings. The van der Waals surface area contributed by atoms with E-state index in [4.69, 9.17) is 5.11 Å². The molecule has 0 atom stereocenters. The summed E-state index contributed by atoms with van der Waals surface area (Å²) in [6.07, 6.45) is 0.752. The Kier molecular flexibility index (Phi) is 2.97. The van der Waals surface area contributed by atoms with E-state index < -0.39 is 5.97 Å². The number of carboxylic acid groups (broad SMARTS) is 1. The van der Waals surface area contributed by atoms with E-state index in [-0.39, 0.29) is 5.69 Å². The maximum absolute atomic E-state index is 11.0. The fraction of sp³-hybridized carbons (Fsp3) is 0.154. The monoisotopic (exact) mass is 244 g/mol. The number of carboxylic acids is 1. The van der Waals surface area contributed by atoms with Crippen molar-refractivity contribution in [2.45, 2.75) is 6.92 Å². The van der Waals surface area contributed by atoms with Crippen LogP contribution in [0.15, 0.2) is 24.3 Å². The number of carbonyl (C=O) groups is 2. The fourth-order valence-corrected chi connectivity index (χ4v) is 1.82. The summed E-state index contributed by atoms with van der Waals surface area (Å²) in [5.41, 5.74) is 2.77. The first-order valence-electron chi connectivity index (χ1n) is 5.36. The Morgan fingerprint density at radius 3 is 2.67 bits per heavy atom. The molecule has 2 aromatic rings. The Hall–Kier alpha value is -2.43. The van der Waals surface area contributed by atoms with E-state index in [1.807, 2.05) is 19.1 Å². The van der Waals surface area contributed by atoms with Crippen LogP contribution >= 0.6 is 0 Å². The van der Waals surface area contributed by atoms with E-state index in [0.29, 0.717) is 16.8 Å². The normalized spacial score (nSPS) is 10.3. The summed E-state index contributed by atoms with van der Waals surface area (Å²) < 4.78 is 1.46. The molecule has 1 N–H and O–H groups in total. The molecule has 5 heteroatoms. The van der Waals surface area contributed by atoms with Gasteiger partial charge in [0.25, 0.3) is 0 Å². The van der Waals surface area contributed by atoms with Crippen molar-refractivity contribution in [2.24, 2.45) is 7.05 Å². The minimum absolute atomic E-state index is 0.0362. The molecule has 0 aliphatic rings. The quantitative estimate of drug-likeness (QED) is 0.837. The Morgan fingerprint density at radius 2 is 2.11 bits per heavy atom. The van der Waals surface area contributed by atoms with Crippen LogP contribution in [0.3, 0.4) is 0 Å². The van der Waals surface area contributed by atoms with Crippen LogP contribution in [0.5, 0.6) is 0 Å². The van der Waals surface area contributed by atoms with Gasteiger partial charge in [0.1, 0.15) is 0 Å². The van der Waals surface area contributed by atoms with Gasteiger partial charge in [-0.1, -0.05) is 17.7 Å². The number of aromatic nitrogens is 2. The maximum Gasteiger partial charge on any atom is 0.356 e. The molecule has 2 rings (SSSR count). The third kappa shape index (κ3) is 2.02. The summed E-state index contributed by atoms with van der Waals surface area (Å²) in [6, 6.07) is 6.85. The smallest absolute Gasteiger partial charge is 0.356 e. The van der Waals surface area contributed by atoms with Gasteiger partial charge < -0.3 is 5.11 Å². The van der Waals surface area contributed by atoms with Crippen molar-refractivity contribution >= 4 is 12.3 Å². The number of aldehydes is 1. The predicted molar refractivity (Wildman–Crippen MR) is 65.7 cm³/mol. The van der Waals surface area contributed by atoms with Crippen molar-refractivity contribution in [1.82, 2.24) is 9.78 Å². The van der Waals surface area contributed by atoms with Crippen molar-refractivity contribution in [3.63, 3.8) is 0 Å². The summed E-state index contributed by atoms with van der Waals surface area (Å²) in [5, 5.41) is 12.8. The molecular formula is C13H12N2O3. The summed E-state index contributed by atoms with van der Waals surface area (Å²) in [7, 11) is 1.65. The van der Waals surface area contributed by atoms with E-state index in [1.165, 1.54) is 10.7 Å². The van der Waals surface area contributed by atoms with Crippen molar-refractivity contribution in [2.75, 3.05) is 0 Å². The van der Waals surface area contributed by atoms with Crippen LogP contribution in [0.2, 0.25) is 0 Å². The number of rotatable bonds is 3. The van der Waals surface area contributed by atoms with E-state index in [1.54, 1.807) is 13.1 Å². The summed E-state index contributed by atoms with van der Waals surface area (Å²) in [4.78, 5) is 21.9. The molecule has 1 aromatic carbocycles. The molecule has 5 nitrogen and oxygen atoms in total. The average Bonchev–Trinajstić information content (AvgIpc) is 2.71. The number of benzene rings is 1. The lowest BCUT2D eigenvalue weighted by molar-refractivity contribution is 0.0689. The molecule has 1 heterocycles. The van der Waals surface area contributed by atoms with Crippen molar-refractivity contribution in [3.05, 3.63) is 41.1 Å². The fourth-order valence-electron chi connectivity index (χ4n) is 1.82. The zero-order valence-corrected chi connectivity index (χ0v) is 10.0. The summed E-state index contributed by atoms with van der Waals surface area (Å²) >= 11 is 0. The Balaban J connectivity index is 2.64. The Labute approximate surface area is 104 Å². The lowest BCUT2D eigenvalue weighted by Gasteiger charge is -2.06. The molecule has 0 aliphatic carbocycles. The minimum Gasteiger partial charge on any atom is -0.476 e. The number of carbonyl (C=O) groups excluding carboxylic acids is 1. The van der Waals surface area contributed by atoms with Gasteiger partial charge in [0.05, 0.1) is 5.69 Å². The van der Waals surface area contributed by atoms with Crippen LogP contribution in [-0.2, 0) is 7.05 Å². The van der Waals surface area contributed by atoms with Gasteiger partial charge in [-0.2, -0.15) is 5.10 Å². The molecule has 1 aromatic heterocycles. The summed E-state index contributed by atoms with van der Waals surface area (Å²) in [5.74, 6) is -1.09. The second kappa shape index (κ2) is 4.44. The first kappa shape index (κ1) is 12.0. The standard InChI is InChI=1S/C13H12N2O3/c1-8-3-4-9(7-16)10(5-8)12-6-11(13(17)18)14-15(12)2/h3-7H,1-2H3,(H,17,18). The molecule has 0 amide bonds. The average molecular weight is 244 g/mol. The number of aromatic carboxylic acids is 1. The van der Waals surface area contributed by atoms with Gasteiger partial charge in [-0.25, -0.2) is 4.79 Å². The van der Waals surface area contributed by atoms with Crippen molar-refractivity contribution in [3.8, 4) is 11.3 Å².